The van der Waals surface area contributed by atoms with E-state index in [1.807, 2.05) is 44.2 Å². The van der Waals surface area contributed by atoms with E-state index in [1.54, 1.807) is 7.11 Å². The molecule has 0 heterocycles. The molecule has 2 aromatic rings. The van der Waals surface area contributed by atoms with Gasteiger partial charge in [-0.1, -0.05) is 68.6 Å². The number of amides is 1. The Morgan fingerprint density at radius 2 is 1.82 bits per heavy atom. The van der Waals surface area contributed by atoms with Crippen LogP contribution in [-0.2, 0) is 26.0 Å². The number of aliphatic hydroxyl groups excluding tert-OH is 1. The quantitative estimate of drug-likeness (QED) is 0.373. The SMILES string of the molecule is COCC1(C(=O)N[C@@H](Cc2ccccc2)[C@H](O)CN(CC(C)C)S(=O)(=O)c2ccc(F)c(Cl)c2)CCCC1. The number of ether oxygens (including phenoxy) is 1. The molecule has 2 N–H and O–H groups in total. The molecule has 1 aliphatic carbocycles. The van der Waals surface area contributed by atoms with Crippen LogP contribution in [-0.4, -0.2) is 62.7 Å². The maximum atomic E-state index is 13.7. The van der Waals surface area contributed by atoms with Crippen LogP contribution in [0.25, 0.3) is 0 Å². The number of carbonyl (C=O) groups excluding carboxylic acids is 1. The summed E-state index contributed by atoms with van der Waals surface area (Å²) in [5.41, 5.74) is 0.227. The Hall–Kier alpha value is -2.04. The van der Waals surface area contributed by atoms with Gasteiger partial charge in [-0.25, -0.2) is 12.8 Å². The first-order valence-electron chi connectivity index (χ1n) is 13.0. The molecular formula is C28H38ClFN2O5S. The number of hydrogen-bond acceptors (Lipinski definition) is 5. The summed E-state index contributed by atoms with van der Waals surface area (Å²) < 4.78 is 47.4. The van der Waals surface area contributed by atoms with Crippen molar-refractivity contribution in [1.82, 2.24) is 9.62 Å². The second-order valence-corrected chi connectivity index (χ2v) is 12.9. The summed E-state index contributed by atoms with van der Waals surface area (Å²) in [6, 6.07) is 11.9. The van der Waals surface area contributed by atoms with Crippen molar-refractivity contribution >= 4 is 27.5 Å². The van der Waals surface area contributed by atoms with Crippen molar-refractivity contribution in [1.29, 1.82) is 0 Å². The lowest BCUT2D eigenvalue weighted by Gasteiger charge is -2.34. The van der Waals surface area contributed by atoms with E-state index in [0.29, 0.717) is 19.3 Å². The molecule has 210 valence electrons. The van der Waals surface area contributed by atoms with Crippen LogP contribution in [0, 0.1) is 17.2 Å². The van der Waals surface area contributed by atoms with Gasteiger partial charge < -0.3 is 15.2 Å². The molecule has 7 nitrogen and oxygen atoms in total. The van der Waals surface area contributed by atoms with E-state index in [-0.39, 0.29) is 41.4 Å². The van der Waals surface area contributed by atoms with Crippen LogP contribution in [0.3, 0.4) is 0 Å². The van der Waals surface area contributed by atoms with Crippen LogP contribution in [0.1, 0.15) is 45.1 Å². The predicted molar refractivity (Wildman–Crippen MR) is 146 cm³/mol. The highest BCUT2D eigenvalue weighted by Gasteiger charge is 2.43. The van der Waals surface area contributed by atoms with Crippen molar-refractivity contribution in [2.24, 2.45) is 11.3 Å². The molecule has 1 saturated carbocycles. The largest absolute Gasteiger partial charge is 0.390 e. The minimum absolute atomic E-state index is 0.0569. The Morgan fingerprint density at radius 1 is 1.16 bits per heavy atom. The third-order valence-corrected chi connectivity index (χ3v) is 9.15. The second kappa shape index (κ2) is 13.3. The molecule has 3 rings (SSSR count). The molecule has 38 heavy (non-hydrogen) atoms. The third kappa shape index (κ3) is 7.54. The summed E-state index contributed by atoms with van der Waals surface area (Å²) in [7, 11) is -2.54. The Balaban J connectivity index is 1.90. The number of methoxy groups -OCH3 is 1. The van der Waals surface area contributed by atoms with Gasteiger partial charge in [0.05, 0.1) is 34.1 Å². The number of nitrogens with one attached hydrogen (secondary N) is 1. The molecule has 2 atom stereocenters. The van der Waals surface area contributed by atoms with Crippen molar-refractivity contribution in [2.75, 3.05) is 26.8 Å². The number of nitrogens with zero attached hydrogens (tertiary/aromatic N) is 1. The summed E-state index contributed by atoms with van der Waals surface area (Å²) in [6.45, 7) is 3.87. The molecule has 1 aliphatic rings. The average Bonchev–Trinajstić information content (AvgIpc) is 3.35. The number of rotatable bonds is 13. The number of carbonyl (C=O) groups is 1. The summed E-state index contributed by atoms with van der Waals surface area (Å²) in [5.74, 6) is -0.970. The van der Waals surface area contributed by atoms with E-state index in [4.69, 9.17) is 16.3 Å². The van der Waals surface area contributed by atoms with E-state index in [1.165, 1.54) is 4.31 Å². The van der Waals surface area contributed by atoms with Gasteiger partial charge in [-0.15, -0.1) is 0 Å². The van der Waals surface area contributed by atoms with E-state index < -0.39 is 33.4 Å². The van der Waals surface area contributed by atoms with Gasteiger partial charge in [0.1, 0.15) is 5.82 Å². The smallest absolute Gasteiger partial charge is 0.243 e. The van der Waals surface area contributed by atoms with Gasteiger partial charge in [-0.3, -0.25) is 4.79 Å². The molecule has 0 unspecified atom stereocenters. The molecule has 0 bridgehead atoms. The van der Waals surface area contributed by atoms with Gasteiger partial charge in [0.15, 0.2) is 0 Å². The van der Waals surface area contributed by atoms with Gasteiger partial charge in [-0.2, -0.15) is 4.31 Å². The van der Waals surface area contributed by atoms with Crippen LogP contribution in [0.4, 0.5) is 4.39 Å². The molecule has 0 saturated heterocycles. The first-order chi connectivity index (χ1) is 18.0. The molecule has 10 heteroatoms. The first-order valence-corrected chi connectivity index (χ1v) is 14.8. The monoisotopic (exact) mass is 568 g/mol. The summed E-state index contributed by atoms with van der Waals surface area (Å²) in [4.78, 5) is 13.4. The maximum Gasteiger partial charge on any atom is 0.243 e. The van der Waals surface area contributed by atoms with E-state index in [0.717, 1.165) is 36.6 Å². The van der Waals surface area contributed by atoms with Crippen molar-refractivity contribution in [3.05, 3.63) is 64.9 Å². The minimum Gasteiger partial charge on any atom is -0.390 e. The van der Waals surface area contributed by atoms with Gasteiger partial charge in [0, 0.05) is 20.2 Å². The van der Waals surface area contributed by atoms with Crippen molar-refractivity contribution in [3.63, 3.8) is 0 Å². The molecule has 2 aromatic carbocycles. The summed E-state index contributed by atoms with van der Waals surface area (Å²) >= 11 is 5.87. The maximum absolute atomic E-state index is 13.7. The van der Waals surface area contributed by atoms with Gasteiger partial charge in [0.2, 0.25) is 15.9 Å². The Labute approximate surface area is 230 Å². The van der Waals surface area contributed by atoms with Crippen molar-refractivity contribution in [2.45, 2.75) is 63.0 Å². The van der Waals surface area contributed by atoms with Gasteiger partial charge in [0.25, 0.3) is 0 Å². The normalized spacial score (nSPS) is 17.1. The lowest BCUT2D eigenvalue weighted by atomic mass is 9.85. The highest BCUT2D eigenvalue weighted by molar-refractivity contribution is 7.89. The molecule has 0 radical (unpaired) electrons. The highest BCUT2D eigenvalue weighted by Crippen LogP contribution is 2.38. The average molecular weight is 569 g/mol. The van der Waals surface area contributed by atoms with E-state index in [9.17, 15) is 22.7 Å². The Bertz CT molecular complexity index is 1170. The number of benzene rings is 2. The number of halogens is 2. The molecular weight excluding hydrogens is 531 g/mol. The van der Waals surface area contributed by atoms with Crippen molar-refractivity contribution in [3.8, 4) is 0 Å². The standard InChI is InChI=1S/C28H38ClFN2O5S/c1-20(2)17-32(38(35,36)22-11-12-24(30)23(29)16-22)18-26(33)25(15-21-9-5-4-6-10-21)31-27(34)28(19-37-3)13-7-8-14-28/h4-6,9-12,16,20,25-26,33H,7-8,13-15,17-19H2,1-3H3,(H,31,34)/t25-,26+/m0/s1. The zero-order chi connectivity index (χ0) is 27.9. The third-order valence-electron chi connectivity index (χ3n) is 7.03. The lowest BCUT2D eigenvalue weighted by molar-refractivity contribution is -0.135. The molecule has 1 fully saturated rings. The molecule has 0 aliphatic heterocycles. The van der Waals surface area contributed by atoms with Gasteiger partial charge >= 0.3 is 0 Å². The zero-order valence-electron chi connectivity index (χ0n) is 22.2. The minimum atomic E-state index is -4.11. The fraction of sp³-hybridized carbons (Fsp3) is 0.536. The van der Waals surface area contributed by atoms with Crippen LogP contribution in [0.15, 0.2) is 53.4 Å². The van der Waals surface area contributed by atoms with E-state index in [2.05, 4.69) is 5.32 Å². The lowest BCUT2D eigenvalue weighted by Crippen LogP contribution is -2.54. The van der Waals surface area contributed by atoms with E-state index >= 15 is 0 Å². The van der Waals surface area contributed by atoms with Crippen LogP contribution in [0.2, 0.25) is 5.02 Å². The molecule has 0 aromatic heterocycles. The second-order valence-electron chi connectivity index (χ2n) is 10.5. The topological polar surface area (TPSA) is 95.9 Å². The van der Waals surface area contributed by atoms with Crippen LogP contribution >= 0.6 is 11.6 Å². The first kappa shape index (κ1) is 30.5. The molecule has 0 spiro atoms. The Kier molecular flexibility index (Phi) is 10.7. The van der Waals surface area contributed by atoms with Crippen LogP contribution < -0.4 is 5.32 Å². The number of sulfonamides is 1. The number of aliphatic hydroxyl groups is 1. The van der Waals surface area contributed by atoms with Gasteiger partial charge in [-0.05, 0) is 48.9 Å². The summed E-state index contributed by atoms with van der Waals surface area (Å²) in [6.07, 6.45) is 2.33. The Morgan fingerprint density at radius 3 is 2.39 bits per heavy atom. The van der Waals surface area contributed by atoms with Crippen molar-refractivity contribution < 1.29 is 27.4 Å². The highest BCUT2D eigenvalue weighted by atomic mass is 35.5. The zero-order valence-corrected chi connectivity index (χ0v) is 23.8. The number of hydrogen-bond donors (Lipinski definition) is 2. The fourth-order valence-electron chi connectivity index (χ4n) is 5.04. The molecule has 1 amide bonds. The summed E-state index contributed by atoms with van der Waals surface area (Å²) in [5, 5.41) is 14.2. The fourth-order valence-corrected chi connectivity index (χ4v) is 6.93. The van der Waals surface area contributed by atoms with Crippen LogP contribution in [0.5, 0.6) is 0 Å². The predicted octanol–water partition coefficient (Wildman–Crippen LogP) is 4.42.